The Morgan fingerprint density at radius 3 is 2.91 bits per heavy atom. The Morgan fingerprint density at radius 2 is 2.23 bits per heavy atom. The molecule has 1 aromatic heterocycles. The number of carbonyl (C=O) groups excluding carboxylic acids is 1. The number of hydrogen-bond donors (Lipinski definition) is 2. The van der Waals surface area contributed by atoms with E-state index in [1.165, 1.54) is 17.7 Å². The summed E-state index contributed by atoms with van der Waals surface area (Å²) in [5.74, 6) is 0.899. The van der Waals surface area contributed by atoms with Crippen LogP contribution in [0.1, 0.15) is 23.8 Å². The van der Waals surface area contributed by atoms with Gasteiger partial charge in [0, 0.05) is 24.5 Å². The zero-order chi connectivity index (χ0) is 15.2. The maximum absolute atomic E-state index is 12.0. The van der Waals surface area contributed by atoms with Crippen molar-refractivity contribution in [3.05, 3.63) is 22.4 Å². The van der Waals surface area contributed by atoms with Crippen molar-refractivity contribution in [3.8, 4) is 0 Å². The van der Waals surface area contributed by atoms with Crippen molar-refractivity contribution in [1.29, 1.82) is 0 Å². The van der Waals surface area contributed by atoms with E-state index in [4.69, 9.17) is 4.74 Å². The summed E-state index contributed by atoms with van der Waals surface area (Å²) in [4.78, 5) is 15.7. The first-order valence-corrected chi connectivity index (χ1v) is 9.03. The van der Waals surface area contributed by atoms with Gasteiger partial charge in [-0.2, -0.15) is 0 Å². The van der Waals surface area contributed by atoms with Gasteiger partial charge >= 0.3 is 0 Å². The predicted octanol–water partition coefficient (Wildman–Crippen LogP) is 1.24. The molecule has 22 heavy (non-hydrogen) atoms. The molecule has 6 heteroatoms. The van der Waals surface area contributed by atoms with Crippen LogP contribution in [0.15, 0.2) is 17.5 Å². The van der Waals surface area contributed by atoms with Gasteiger partial charge in [-0.05, 0) is 36.8 Å². The number of nitrogens with one attached hydrogen (secondary N) is 2. The lowest BCUT2D eigenvalue weighted by Gasteiger charge is -2.34. The first-order valence-electron chi connectivity index (χ1n) is 8.15. The maximum Gasteiger partial charge on any atom is 0.234 e. The first-order chi connectivity index (χ1) is 10.8. The number of amides is 1. The molecule has 1 atom stereocenters. The molecule has 0 bridgehead atoms. The quantitative estimate of drug-likeness (QED) is 0.756. The molecule has 1 amide bonds. The fourth-order valence-electron chi connectivity index (χ4n) is 2.76. The largest absolute Gasteiger partial charge is 0.379 e. The van der Waals surface area contributed by atoms with Gasteiger partial charge in [0.25, 0.3) is 0 Å². The van der Waals surface area contributed by atoms with E-state index in [2.05, 4.69) is 33.0 Å². The highest BCUT2D eigenvalue weighted by Gasteiger charge is 2.24. The Morgan fingerprint density at radius 1 is 1.41 bits per heavy atom. The van der Waals surface area contributed by atoms with Crippen LogP contribution in [0.3, 0.4) is 0 Å². The van der Waals surface area contributed by atoms with Gasteiger partial charge < -0.3 is 15.4 Å². The zero-order valence-electron chi connectivity index (χ0n) is 12.9. The highest BCUT2D eigenvalue weighted by molar-refractivity contribution is 7.10. The summed E-state index contributed by atoms with van der Waals surface area (Å²) in [5.41, 5.74) is 0. The SMILES string of the molecule is O=C(CNCC1CC1)NCC(c1cccs1)N1CCOCC1. The van der Waals surface area contributed by atoms with Crippen LogP contribution in [0, 0.1) is 5.92 Å². The van der Waals surface area contributed by atoms with Crippen LogP contribution in [0.4, 0.5) is 0 Å². The Kier molecular flexibility index (Phi) is 5.83. The van der Waals surface area contributed by atoms with E-state index in [1.54, 1.807) is 11.3 Å². The van der Waals surface area contributed by atoms with Gasteiger partial charge in [-0.25, -0.2) is 0 Å². The second-order valence-corrected chi connectivity index (χ2v) is 7.04. The third kappa shape index (κ3) is 4.78. The minimum atomic E-state index is 0.0930. The third-order valence-corrected chi connectivity index (χ3v) is 5.24. The molecule has 2 heterocycles. The van der Waals surface area contributed by atoms with Gasteiger partial charge in [0.1, 0.15) is 0 Å². The number of hydrogen-bond acceptors (Lipinski definition) is 5. The molecule has 1 aliphatic carbocycles. The summed E-state index contributed by atoms with van der Waals surface area (Å²) < 4.78 is 5.44. The number of nitrogens with zero attached hydrogens (tertiary/aromatic N) is 1. The van der Waals surface area contributed by atoms with Gasteiger partial charge in [0.2, 0.25) is 5.91 Å². The highest BCUT2D eigenvalue weighted by Crippen LogP contribution is 2.27. The second-order valence-electron chi connectivity index (χ2n) is 6.06. The number of morpholine rings is 1. The maximum atomic E-state index is 12.0. The molecule has 1 saturated heterocycles. The minimum Gasteiger partial charge on any atom is -0.379 e. The summed E-state index contributed by atoms with van der Waals surface area (Å²) in [6, 6.07) is 4.49. The topological polar surface area (TPSA) is 53.6 Å². The standard InChI is InChI=1S/C16H25N3O2S/c20-16(12-17-10-13-3-4-13)18-11-14(15-2-1-9-22-15)19-5-7-21-8-6-19/h1-2,9,13-14,17H,3-8,10-12H2,(H,18,20). The van der Waals surface area contributed by atoms with Crippen molar-refractivity contribution in [2.24, 2.45) is 5.92 Å². The average molecular weight is 323 g/mol. The van der Waals surface area contributed by atoms with Crippen LogP contribution in [-0.4, -0.2) is 56.7 Å². The number of rotatable bonds is 8. The molecule has 2 N–H and O–H groups in total. The number of ether oxygens (including phenoxy) is 1. The molecule has 0 radical (unpaired) electrons. The fourth-order valence-corrected chi connectivity index (χ4v) is 3.63. The van der Waals surface area contributed by atoms with Gasteiger partial charge in [0.15, 0.2) is 0 Å². The molecule has 2 fully saturated rings. The Balaban J connectivity index is 1.47. The van der Waals surface area contributed by atoms with Crippen molar-refractivity contribution >= 4 is 17.2 Å². The molecular formula is C16H25N3O2S. The molecule has 1 saturated carbocycles. The van der Waals surface area contributed by atoms with Crippen molar-refractivity contribution in [1.82, 2.24) is 15.5 Å². The van der Waals surface area contributed by atoms with Crippen LogP contribution >= 0.6 is 11.3 Å². The van der Waals surface area contributed by atoms with Gasteiger partial charge in [0.05, 0.1) is 25.8 Å². The Labute approximate surface area is 136 Å². The van der Waals surface area contributed by atoms with Crippen molar-refractivity contribution in [2.45, 2.75) is 18.9 Å². The summed E-state index contributed by atoms with van der Waals surface area (Å²) in [6.07, 6.45) is 2.62. The lowest BCUT2D eigenvalue weighted by atomic mass is 10.2. The lowest BCUT2D eigenvalue weighted by molar-refractivity contribution is -0.120. The van der Waals surface area contributed by atoms with E-state index in [0.29, 0.717) is 13.1 Å². The van der Waals surface area contributed by atoms with Crippen LogP contribution < -0.4 is 10.6 Å². The molecule has 0 spiro atoms. The van der Waals surface area contributed by atoms with Crippen LogP contribution in [0.2, 0.25) is 0 Å². The van der Waals surface area contributed by atoms with E-state index in [1.807, 2.05) is 0 Å². The van der Waals surface area contributed by atoms with E-state index in [-0.39, 0.29) is 11.9 Å². The zero-order valence-corrected chi connectivity index (χ0v) is 13.7. The molecular weight excluding hydrogens is 298 g/mol. The second kappa shape index (κ2) is 8.06. The Hall–Kier alpha value is -0.950. The predicted molar refractivity (Wildman–Crippen MR) is 88.1 cm³/mol. The summed E-state index contributed by atoms with van der Waals surface area (Å²) in [6.45, 7) is 5.49. The Bertz CT molecular complexity index is 456. The smallest absolute Gasteiger partial charge is 0.234 e. The summed E-state index contributed by atoms with van der Waals surface area (Å²) >= 11 is 1.76. The van der Waals surface area contributed by atoms with Gasteiger partial charge in [-0.1, -0.05) is 6.07 Å². The fraction of sp³-hybridized carbons (Fsp3) is 0.688. The lowest BCUT2D eigenvalue weighted by Crippen LogP contribution is -2.45. The normalized spacial score (nSPS) is 20.7. The average Bonchev–Trinajstić information content (AvgIpc) is 3.21. The summed E-state index contributed by atoms with van der Waals surface area (Å²) in [5, 5.41) is 8.43. The molecule has 2 aliphatic rings. The third-order valence-electron chi connectivity index (χ3n) is 4.27. The van der Waals surface area contributed by atoms with E-state index < -0.39 is 0 Å². The molecule has 1 aliphatic heterocycles. The number of carbonyl (C=O) groups is 1. The highest BCUT2D eigenvalue weighted by atomic mass is 32.1. The van der Waals surface area contributed by atoms with Gasteiger partial charge in [-0.15, -0.1) is 11.3 Å². The molecule has 122 valence electrons. The van der Waals surface area contributed by atoms with Crippen molar-refractivity contribution in [2.75, 3.05) is 45.9 Å². The van der Waals surface area contributed by atoms with Crippen molar-refractivity contribution in [3.63, 3.8) is 0 Å². The van der Waals surface area contributed by atoms with Crippen LogP contribution in [0.5, 0.6) is 0 Å². The summed E-state index contributed by atoms with van der Waals surface area (Å²) in [7, 11) is 0. The van der Waals surface area contributed by atoms with Crippen LogP contribution in [0.25, 0.3) is 0 Å². The van der Waals surface area contributed by atoms with Crippen LogP contribution in [-0.2, 0) is 9.53 Å². The monoisotopic (exact) mass is 323 g/mol. The molecule has 3 rings (SSSR count). The number of thiophene rings is 1. The van der Waals surface area contributed by atoms with E-state index in [9.17, 15) is 4.79 Å². The molecule has 0 aromatic carbocycles. The molecule has 1 aromatic rings. The first kappa shape index (κ1) is 15.9. The van der Waals surface area contributed by atoms with Gasteiger partial charge in [-0.3, -0.25) is 9.69 Å². The minimum absolute atomic E-state index is 0.0930. The molecule has 5 nitrogen and oxygen atoms in total. The molecule has 1 unspecified atom stereocenters. The van der Waals surface area contributed by atoms with E-state index >= 15 is 0 Å². The van der Waals surface area contributed by atoms with Crippen molar-refractivity contribution < 1.29 is 9.53 Å². The van der Waals surface area contributed by atoms with E-state index in [0.717, 1.165) is 38.8 Å².